The van der Waals surface area contributed by atoms with Gasteiger partial charge in [0.15, 0.2) is 0 Å². The molecular formula is C14H30O4. The molecule has 0 aliphatic heterocycles. The first-order chi connectivity index (χ1) is 8.04. The van der Waals surface area contributed by atoms with E-state index in [0.717, 1.165) is 0 Å². The van der Waals surface area contributed by atoms with Gasteiger partial charge in [-0.3, -0.25) is 0 Å². The second-order valence-corrected chi connectivity index (χ2v) is 6.93. The van der Waals surface area contributed by atoms with E-state index in [2.05, 4.69) is 0 Å². The van der Waals surface area contributed by atoms with E-state index in [9.17, 15) is 5.11 Å². The Kier molecular flexibility index (Phi) is 6.79. The van der Waals surface area contributed by atoms with Crippen LogP contribution in [0, 0.1) is 5.41 Å². The third-order valence-electron chi connectivity index (χ3n) is 2.60. The quantitative estimate of drug-likeness (QED) is 0.736. The first-order valence-corrected chi connectivity index (χ1v) is 6.53. The van der Waals surface area contributed by atoms with Crippen molar-refractivity contribution in [3.63, 3.8) is 0 Å². The molecule has 0 rings (SSSR count). The topological polar surface area (TPSA) is 58.9 Å². The van der Waals surface area contributed by atoms with Crippen molar-refractivity contribution in [1.29, 1.82) is 0 Å². The van der Waals surface area contributed by atoms with Crippen molar-refractivity contribution in [3.8, 4) is 0 Å². The summed E-state index contributed by atoms with van der Waals surface area (Å²) in [6.07, 6.45) is 0.468. The second-order valence-electron chi connectivity index (χ2n) is 6.93. The van der Waals surface area contributed by atoms with E-state index in [4.69, 9.17) is 14.6 Å². The summed E-state index contributed by atoms with van der Waals surface area (Å²) in [7, 11) is 0. The van der Waals surface area contributed by atoms with Crippen molar-refractivity contribution < 1.29 is 19.7 Å². The fourth-order valence-electron chi connectivity index (χ4n) is 1.33. The van der Waals surface area contributed by atoms with Crippen molar-refractivity contribution >= 4 is 0 Å². The summed E-state index contributed by atoms with van der Waals surface area (Å²) < 4.78 is 11.5. The van der Waals surface area contributed by atoms with Crippen molar-refractivity contribution in [2.75, 3.05) is 26.4 Å². The summed E-state index contributed by atoms with van der Waals surface area (Å²) in [4.78, 5) is 0. The molecule has 0 aliphatic carbocycles. The van der Waals surface area contributed by atoms with E-state index in [1.54, 1.807) is 0 Å². The van der Waals surface area contributed by atoms with E-state index >= 15 is 0 Å². The molecule has 0 amide bonds. The number of hydrogen-bond donors (Lipinski definition) is 2. The van der Waals surface area contributed by atoms with E-state index in [0.29, 0.717) is 19.6 Å². The maximum atomic E-state index is 9.63. The van der Waals surface area contributed by atoms with Gasteiger partial charge in [0.05, 0.1) is 31.0 Å². The highest BCUT2D eigenvalue weighted by Crippen LogP contribution is 2.27. The normalized spacial score (nSPS) is 14.0. The summed E-state index contributed by atoms with van der Waals surface area (Å²) in [6.45, 7) is 12.5. The molecule has 4 heteroatoms. The lowest BCUT2D eigenvalue weighted by atomic mass is 9.87. The van der Waals surface area contributed by atoms with Gasteiger partial charge in [-0.25, -0.2) is 0 Å². The number of aliphatic hydroxyl groups excluding tert-OH is 2. The Hall–Kier alpha value is -0.160. The molecule has 0 spiro atoms. The Balaban J connectivity index is 4.60. The van der Waals surface area contributed by atoms with Gasteiger partial charge in [0.1, 0.15) is 0 Å². The minimum Gasteiger partial charge on any atom is -0.396 e. The van der Waals surface area contributed by atoms with Gasteiger partial charge in [-0.1, -0.05) is 0 Å². The van der Waals surface area contributed by atoms with E-state index in [1.165, 1.54) is 0 Å². The third kappa shape index (κ3) is 8.03. The van der Waals surface area contributed by atoms with Crippen LogP contribution in [-0.4, -0.2) is 47.8 Å². The Labute approximate surface area is 111 Å². The van der Waals surface area contributed by atoms with Crippen LogP contribution in [0.25, 0.3) is 0 Å². The maximum Gasteiger partial charge on any atom is 0.0598 e. The van der Waals surface area contributed by atoms with E-state index < -0.39 is 5.41 Å². The lowest BCUT2D eigenvalue weighted by molar-refractivity contribution is -0.128. The Morgan fingerprint density at radius 2 is 1.17 bits per heavy atom. The fraction of sp³-hybridized carbons (Fsp3) is 1.00. The van der Waals surface area contributed by atoms with Gasteiger partial charge in [-0.2, -0.15) is 0 Å². The minimum atomic E-state index is -0.532. The largest absolute Gasteiger partial charge is 0.396 e. The molecule has 18 heavy (non-hydrogen) atoms. The fourth-order valence-corrected chi connectivity index (χ4v) is 1.33. The summed E-state index contributed by atoms with van der Waals surface area (Å²) in [5, 5.41) is 18.8. The zero-order chi connectivity index (χ0) is 14.4. The Morgan fingerprint density at radius 3 is 1.39 bits per heavy atom. The van der Waals surface area contributed by atoms with Crippen LogP contribution in [-0.2, 0) is 9.47 Å². The van der Waals surface area contributed by atoms with Gasteiger partial charge in [-0.15, -0.1) is 0 Å². The van der Waals surface area contributed by atoms with Crippen LogP contribution >= 0.6 is 0 Å². The predicted molar refractivity (Wildman–Crippen MR) is 72.6 cm³/mol. The average Bonchev–Trinajstić information content (AvgIpc) is 2.20. The highest BCUT2D eigenvalue weighted by Gasteiger charge is 2.33. The average molecular weight is 262 g/mol. The minimum absolute atomic E-state index is 0.0154. The van der Waals surface area contributed by atoms with Crippen molar-refractivity contribution in [2.24, 2.45) is 5.41 Å². The zero-order valence-electron chi connectivity index (χ0n) is 12.7. The maximum absolute atomic E-state index is 9.63. The second kappa shape index (κ2) is 6.85. The number of hydrogen-bond acceptors (Lipinski definition) is 4. The molecule has 0 atom stereocenters. The molecule has 2 N–H and O–H groups in total. The van der Waals surface area contributed by atoms with Gasteiger partial charge >= 0.3 is 0 Å². The standard InChI is InChI=1S/C14H30O4/c1-12(2,3)17-10-14(9-16,7-8-15)11-18-13(4,5)6/h15-16H,7-11H2,1-6H3. The van der Waals surface area contributed by atoms with Crippen LogP contribution in [0.4, 0.5) is 0 Å². The van der Waals surface area contributed by atoms with Crippen LogP contribution in [0.5, 0.6) is 0 Å². The summed E-state index contributed by atoms with van der Waals surface area (Å²) in [6, 6.07) is 0. The molecule has 0 saturated heterocycles. The molecule has 0 aromatic rings. The van der Waals surface area contributed by atoms with Gasteiger partial charge in [-0.05, 0) is 48.0 Å². The highest BCUT2D eigenvalue weighted by atomic mass is 16.5. The lowest BCUT2D eigenvalue weighted by Crippen LogP contribution is -2.42. The summed E-state index contributed by atoms with van der Waals surface area (Å²) in [5.41, 5.74) is -1.06. The highest BCUT2D eigenvalue weighted by molar-refractivity contribution is 4.81. The Bertz CT molecular complexity index is 207. The van der Waals surface area contributed by atoms with Crippen molar-refractivity contribution in [3.05, 3.63) is 0 Å². The molecule has 0 aliphatic rings. The molecular weight excluding hydrogens is 232 g/mol. The first-order valence-electron chi connectivity index (χ1n) is 6.53. The molecule has 0 fully saturated rings. The first kappa shape index (κ1) is 17.8. The molecule has 4 nitrogen and oxygen atoms in total. The molecule has 0 radical (unpaired) electrons. The van der Waals surface area contributed by atoms with Gasteiger partial charge in [0, 0.05) is 12.0 Å². The molecule has 110 valence electrons. The number of rotatable bonds is 7. The molecule has 0 aromatic heterocycles. The van der Waals surface area contributed by atoms with Crippen LogP contribution in [0.15, 0.2) is 0 Å². The van der Waals surface area contributed by atoms with Crippen molar-refractivity contribution in [2.45, 2.75) is 59.2 Å². The summed E-state index contributed by atoms with van der Waals surface area (Å²) >= 11 is 0. The molecule has 0 bridgehead atoms. The van der Waals surface area contributed by atoms with Crippen LogP contribution < -0.4 is 0 Å². The van der Waals surface area contributed by atoms with Gasteiger partial charge < -0.3 is 19.7 Å². The molecule has 0 saturated carbocycles. The number of aliphatic hydroxyl groups is 2. The monoisotopic (exact) mass is 262 g/mol. The van der Waals surface area contributed by atoms with E-state index in [1.807, 2.05) is 41.5 Å². The van der Waals surface area contributed by atoms with Crippen molar-refractivity contribution in [1.82, 2.24) is 0 Å². The SMILES string of the molecule is CC(C)(C)OCC(CO)(CCO)COC(C)(C)C. The molecule has 0 unspecified atom stereocenters. The smallest absolute Gasteiger partial charge is 0.0598 e. The number of ether oxygens (including phenoxy) is 2. The van der Waals surface area contributed by atoms with Gasteiger partial charge in [0.25, 0.3) is 0 Å². The van der Waals surface area contributed by atoms with Crippen LogP contribution in [0.3, 0.4) is 0 Å². The third-order valence-corrected chi connectivity index (χ3v) is 2.60. The van der Waals surface area contributed by atoms with Crippen LogP contribution in [0.1, 0.15) is 48.0 Å². The van der Waals surface area contributed by atoms with Gasteiger partial charge in [0.2, 0.25) is 0 Å². The predicted octanol–water partition coefficient (Wildman–Crippen LogP) is 1.98. The summed E-state index contributed by atoms with van der Waals surface area (Å²) in [5.74, 6) is 0. The molecule has 0 heterocycles. The Morgan fingerprint density at radius 1 is 0.778 bits per heavy atom. The van der Waals surface area contributed by atoms with E-state index in [-0.39, 0.29) is 24.4 Å². The zero-order valence-corrected chi connectivity index (χ0v) is 12.7. The lowest BCUT2D eigenvalue weighted by Gasteiger charge is -2.36. The van der Waals surface area contributed by atoms with Crippen LogP contribution in [0.2, 0.25) is 0 Å². The molecule has 0 aromatic carbocycles.